The van der Waals surface area contributed by atoms with Crippen LogP contribution in [0.2, 0.25) is 0 Å². The smallest absolute Gasteiger partial charge is 0.386 e. The van der Waals surface area contributed by atoms with E-state index in [1.54, 1.807) is 6.08 Å². The fourth-order valence-corrected chi connectivity index (χ4v) is 8.10. The number of anilines is 1. The van der Waals surface area contributed by atoms with Crippen LogP contribution in [0, 0.1) is 5.41 Å². The Morgan fingerprint density at radius 3 is 2.45 bits per heavy atom. The van der Waals surface area contributed by atoms with Gasteiger partial charge in [0.1, 0.15) is 36.3 Å². The molecule has 1 fully saturated rings. The lowest BCUT2D eigenvalue weighted by molar-refractivity contribution is -0.137. The number of phosphoric ester groups is 3. The standard InChI is InChI=1S/C27H44N7O17P3S/c1-4-5-6-7-18(36)55-11-10-29-17(35)8-9-30-25(39)22(38)27(2,3)13-48-54(45,46)51-53(43,44)47-12-16-21(50-52(40,41)42)20(37)26(49-16)34-15-33-19-23(28)31-14-32-24(19)34/h6-7,14-16,20-22,26,37-38H,4-5,8-13H2,1-3H3,(H,29,35)(H,30,39)(H,43,44)(H,45,46)(H2,28,31,32)(H2,40,41,42)/b7-6+/t16-,20?,21+,22+,26-/m1/s1. The summed E-state index contributed by atoms with van der Waals surface area (Å²) < 4.78 is 62.0. The number of aliphatic hydroxyl groups excluding tert-OH is 2. The number of nitrogens with two attached hydrogens (primary N) is 1. The van der Waals surface area contributed by atoms with Crippen molar-refractivity contribution in [2.45, 2.75) is 70.7 Å². The zero-order chi connectivity index (χ0) is 41.2. The van der Waals surface area contributed by atoms with Crippen LogP contribution in [0.15, 0.2) is 24.8 Å². The molecule has 2 amide bonds. The third kappa shape index (κ3) is 14.6. The van der Waals surface area contributed by atoms with Gasteiger partial charge >= 0.3 is 23.5 Å². The van der Waals surface area contributed by atoms with E-state index in [4.69, 9.17) is 19.5 Å². The van der Waals surface area contributed by atoms with E-state index in [1.165, 1.54) is 19.9 Å². The van der Waals surface area contributed by atoms with Gasteiger partial charge in [-0.3, -0.25) is 32.5 Å². The normalized spacial score (nSPS) is 22.0. The minimum absolute atomic E-state index is 0.0305. The van der Waals surface area contributed by atoms with Crippen LogP contribution in [-0.2, 0) is 50.7 Å². The third-order valence-electron chi connectivity index (χ3n) is 7.46. The molecule has 0 aliphatic carbocycles. The third-order valence-corrected chi connectivity index (χ3v) is 11.4. The Balaban J connectivity index is 1.49. The van der Waals surface area contributed by atoms with Crippen molar-refractivity contribution in [1.29, 1.82) is 0 Å². The Kier molecular flexibility index (Phi) is 17.1. The Morgan fingerprint density at radius 1 is 1.09 bits per heavy atom. The summed E-state index contributed by atoms with van der Waals surface area (Å²) in [5.41, 5.74) is 4.26. The van der Waals surface area contributed by atoms with Gasteiger partial charge in [0.25, 0.3) is 0 Å². The minimum Gasteiger partial charge on any atom is -0.386 e. The summed E-state index contributed by atoms with van der Waals surface area (Å²) in [4.78, 5) is 87.2. The first-order chi connectivity index (χ1) is 25.6. The molecule has 28 heteroatoms. The summed E-state index contributed by atoms with van der Waals surface area (Å²) >= 11 is 1.03. The Morgan fingerprint density at radius 2 is 1.78 bits per heavy atom. The summed E-state index contributed by atoms with van der Waals surface area (Å²) in [5.74, 6) is -1.12. The van der Waals surface area contributed by atoms with Gasteiger partial charge in [-0.15, -0.1) is 0 Å². The number of nitrogen functional groups attached to an aromatic ring is 1. The van der Waals surface area contributed by atoms with Gasteiger partial charge in [-0.1, -0.05) is 45.0 Å². The molecule has 0 aromatic carbocycles. The van der Waals surface area contributed by atoms with Crippen molar-refractivity contribution < 1.29 is 80.5 Å². The fourth-order valence-electron chi connectivity index (χ4n) is 4.68. The summed E-state index contributed by atoms with van der Waals surface area (Å²) in [6.07, 6.45) is -1.97. The Bertz CT molecular complexity index is 1830. The molecule has 1 aliphatic heterocycles. The van der Waals surface area contributed by atoms with Gasteiger partial charge in [0.15, 0.2) is 17.7 Å². The molecule has 10 N–H and O–H groups in total. The molecule has 3 rings (SSSR count). The molecule has 55 heavy (non-hydrogen) atoms. The number of hydrogen-bond acceptors (Lipinski definition) is 18. The highest BCUT2D eigenvalue weighted by atomic mass is 32.2. The highest BCUT2D eigenvalue weighted by molar-refractivity contribution is 8.14. The van der Waals surface area contributed by atoms with E-state index < -0.39 is 84.6 Å². The van der Waals surface area contributed by atoms with E-state index in [0.29, 0.717) is 5.75 Å². The molecule has 2 aromatic heterocycles. The first-order valence-corrected chi connectivity index (χ1v) is 21.8. The molecular weight excluding hydrogens is 819 g/mol. The quantitative estimate of drug-likeness (QED) is 0.0428. The molecule has 310 valence electrons. The maximum atomic E-state index is 12.7. The van der Waals surface area contributed by atoms with Crippen molar-refractivity contribution in [3.8, 4) is 0 Å². The van der Waals surface area contributed by atoms with Crippen molar-refractivity contribution >= 4 is 69.1 Å². The van der Waals surface area contributed by atoms with Crippen LogP contribution in [0.5, 0.6) is 0 Å². The second kappa shape index (κ2) is 20.1. The van der Waals surface area contributed by atoms with Crippen molar-refractivity contribution in [2.75, 3.05) is 37.8 Å². The van der Waals surface area contributed by atoms with Crippen LogP contribution in [0.25, 0.3) is 11.2 Å². The number of aromatic nitrogens is 4. The fraction of sp³-hybridized carbons (Fsp3) is 0.630. The topological polar surface area (TPSA) is 364 Å². The van der Waals surface area contributed by atoms with E-state index in [-0.39, 0.29) is 41.6 Å². The lowest BCUT2D eigenvalue weighted by atomic mass is 9.87. The second-order valence-electron chi connectivity index (χ2n) is 12.4. The molecule has 1 aliphatic rings. The van der Waals surface area contributed by atoms with Crippen LogP contribution < -0.4 is 16.4 Å². The lowest BCUT2D eigenvalue weighted by Gasteiger charge is -2.30. The van der Waals surface area contributed by atoms with Crippen molar-refractivity contribution in [3.63, 3.8) is 0 Å². The number of imidazole rings is 1. The van der Waals surface area contributed by atoms with Crippen LogP contribution in [0.4, 0.5) is 5.82 Å². The summed E-state index contributed by atoms with van der Waals surface area (Å²) in [5, 5.41) is 26.2. The maximum absolute atomic E-state index is 12.7. The van der Waals surface area contributed by atoms with Crippen molar-refractivity contribution in [1.82, 2.24) is 30.2 Å². The predicted octanol–water partition coefficient (Wildman–Crippen LogP) is 0.0210. The summed E-state index contributed by atoms with van der Waals surface area (Å²) in [6.45, 7) is 2.47. The summed E-state index contributed by atoms with van der Waals surface area (Å²) in [6, 6.07) is 0. The highest BCUT2D eigenvalue weighted by Crippen LogP contribution is 2.61. The number of hydrogen-bond donors (Lipinski definition) is 9. The number of carbonyl (C=O) groups is 3. The van der Waals surface area contributed by atoms with Crippen molar-refractivity contribution in [3.05, 3.63) is 24.8 Å². The highest BCUT2D eigenvalue weighted by Gasteiger charge is 2.50. The minimum atomic E-state index is -5.57. The number of amides is 2. The number of ether oxygens (including phenoxy) is 1. The number of allylic oxidation sites excluding steroid dienone is 1. The van der Waals surface area contributed by atoms with Crippen LogP contribution in [-0.4, -0.2) is 123 Å². The number of fused-ring (bicyclic) bond motifs is 1. The number of aliphatic hydroxyl groups is 2. The SMILES string of the molecule is CCC/C=C/C(=O)SCCNC(=O)CCNC(=O)[C@H](O)C(C)(C)COP(=O)(O)OP(=O)(O)OC[C@H]1O[C@@H](n2cnc3c(N)ncnc32)C(O)[C@H]1OP(=O)(O)O. The molecule has 24 nitrogen and oxygen atoms in total. The largest absolute Gasteiger partial charge is 0.481 e. The van der Waals surface area contributed by atoms with Crippen molar-refractivity contribution in [2.24, 2.45) is 5.41 Å². The molecule has 3 heterocycles. The number of thioether (sulfide) groups is 1. The van der Waals surface area contributed by atoms with Gasteiger partial charge in [0, 0.05) is 30.7 Å². The van der Waals surface area contributed by atoms with Gasteiger partial charge in [-0.25, -0.2) is 28.6 Å². The monoisotopic (exact) mass is 863 g/mol. The zero-order valence-electron chi connectivity index (χ0n) is 29.6. The zero-order valence-corrected chi connectivity index (χ0v) is 33.1. The summed E-state index contributed by atoms with van der Waals surface area (Å²) in [7, 11) is -16.4. The Labute approximate surface area is 318 Å². The number of unbranched alkanes of at least 4 members (excludes halogenated alkanes) is 1. The van der Waals surface area contributed by atoms with Gasteiger partial charge in [-0.2, -0.15) is 4.31 Å². The van der Waals surface area contributed by atoms with Crippen LogP contribution >= 0.6 is 35.2 Å². The molecule has 0 radical (unpaired) electrons. The number of phosphoric acid groups is 3. The predicted molar refractivity (Wildman–Crippen MR) is 191 cm³/mol. The van der Waals surface area contributed by atoms with E-state index in [2.05, 4.69) is 34.4 Å². The molecule has 3 unspecified atom stereocenters. The van der Waals surface area contributed by atoms with Gasteiger partial charge in [0.05, 0.1) is 19.5 Å². The van der Waals surface area contributed by atoms with Gasteiger partial charge in [0.2, 0.25) is 16.9 Å². The maximum Gasteiger partial charge on any atom is 0.481 e. The first kappa shape index (κ1) is 46.7. The van der Waals surface area contributed by atoms with Gasteiger partial charge < -0.3 is 50.9 Å². The van der Waals surface area contributed by atoms with E-state index in [1.807, 2.05) is 6.92 Å². The Hall–Kier alpha value is -2.70. The molecule has 7 atom stereocenters. The molecule has 1 saturated heterocycles. The van der Waals surface area contributed by atoms with Gasteiger partial charge in [-0.05, 0) is 12.5 Å². The number of nitrogens with one attached hydrogen (secondary N) is 2. The van der Waals surface area contributed by atoms with Crippen LogP contribution in [0.1, 0.15) is 46.3 Å². The number of nitrogens with zero attached hydrogens (tertiary/aromatic N) is 4. The first-order valence-electron chi connectivity index (χ1n) is 16.3. The second-order valence-corrected chi connectivity index (χ2v) is 17.8. The molecule has 0 bridgehead atoms. The molecule has 2 aromatic rings. The van der Waals surface area contributed by atoms with Crippen LogP contribution in [0.3, 0.4) is 0 Å². The average Bonchev–Trinajstić information content (AvgIpc) is 3.64. The lowest BCUT2D eigenvalue weighted by Crippen LogP contribution is -2.46. The van der Waals surface area contributed by atoms with E-state index in [0.717, 1.165) is 41.8 Å². The molecular formula is C27H44N7O17P3S. The van der Waals surface area contributed by atoms with E-state index >= 15 is 0 Å². The molecule has 0 spiro atoms. The molecule has 0 saturated carbocycles. The number of carbonyl (C=O) groups excluding carboxylic acids is 3. The average molecular weight is 864 g/mol. The van der Waals surface area contributed by atoms with E-state index in [9.17, 15) is 57.9 Å². The number of rotatable bonds is 22.